The molecule has 1 aliphatic heterocycles. The summed E-state index contributed by atoms with van der Waals surface area (Å²) in [4.78, 5) is 2.54. The molecule has 1 fully saturated rings. The van der Waals surface area contributed by atoms with Gasteiger partial charge in [0.2, 0.25) is 0 Å². The lowest BCUT2D eigenvalue weighted by molar-refractivity contribution is 0.420. The summed E-state index contributed by atoms with van der Waals surface area (Å²) < 4.78 is 0. The third kappa shape index (κ3) is 3.05. The standard InChI is InChI=1S/C16H26N2/c1-12(2)16-11-18(9-5-8-17-16)15-7-6-13(3)14(4)10-15/h6-7,10,12,16-17H,5,8-9,11H2,1-4H3. The van der Waals surface area contributed by atoms with Crippen molar-refractivity contribution in [3.63, 3.8) is 0 Å². The van der Waals surface area contributed by atoms with Crippen molar-refractivity contribution in [2.24, 2.45) is 5.92 Å². The van der Waals surface area contributed by atoms with Gasteiger partial charge in [0.1, 0.15) is 0 Å². The van der Waals surface area contributed by atoms with Crippen LogP contribution in [0.25, 0.3) is 0 Å². The first-order chi connectivity index (χ1) is 8.58. The Bertz CT molecular complexity index is 398. The van der Waals surface area contributed by atoms with Crippen LogP contribution < -0.4 is 10.2 Å². The van der Waals surface area contributed by atoms with Crippen molar-refractivity contribution >= 4 is 5.69 Å². The highest BCUT2D eigenvalue weighted by molar-refractivity contribution is 5.51. The van der Waals surface area contributed by atoms with Crippen molar-refractivity contribution in [1.82, 2.24) is 5.32 Å². The van der Waals surface area contributed by atoms with Gasteiger partial charge in [-0.25, -0.2) is 0 Å². The molecule has 1 unspecified atom stereocenters. The Morgan fingerprint density at radius 2 is 2.00 bits per heavy atom. The van der Waals surface area contributed by atoms with Gasteiger partial charge in [0.25, 0.3) is 0 Å². The SMILES string of the molecule is Cc1ccc(N2CCCNC(C(C)C)C2)cc1C. The van der Waals surface area contributed by atoms with Crippen LogP contribution in [-0.2, 0) is 0 Å². The Hall–Kier alpha value is -1.02. The van der Waals surface area contributed by atoms with Crippen LogP contribution in [0.5, 0.6) is 0 Å². The van der Waals surface area contributed by atoms with Gasteiger partial charge < -0.3 is 10.2 Å². The Morgan fingerprint density at radius 3 is 2.67 bits per heavy atom. The lowest BCUT2D eigenvalue weighted by Crippen LogP contribution is -2.41. The summed E-state index contributed by atoms with van der Waals surface area (Å²) >= 11 is 0. The zero-order valence-electron chi connectivity index (χ0n) is 12.2. The molecular formula is C16H26N2. The van der Waals surface area contributed by atoms with Crippen LogP contribution in [-0.4, -0.2) is 25.7 Å². The zero-order chi connectivity index (χ0) is 13.1. The first-order valence-corrected chi connectivity index (χ1v) is 7.13. The lowest BCUT2D eigenvalue weighted by Gasteiger charge is -2.29. The van der Waals surface area contributed by atoms with Gasteiger partial charge in [-0.05, 0) is 56.0 Å². The van der Waals surface area contributed by atoms with Gasteiger partial charge >= 0.3 is 0 Å². The largest absolute Gasteiger partial charge is 0.370 e. The third-order valence-electron chi connectivity index (χ3n) is 4.09. The predicted molar refractivity (Wildman–Crippen MR) is 79.4 cm³/mol. The number of nitrogens with zero attached hydrogens (tertiary/aromatic N) is 1. The molecule has 2 nitrogen and oxygen atoms in total. The van der Waals surface area contributed by atoms with Crippen molar-refractivity contribution in [2.75, 3.05) is 24.5 Å². The molecule has 0 aliphatic carbocycles. The fourth-order valence-corrected chi connectivity index (χ4v) is 2.55. The van der Waals surface area contributed by atoms with E-state index < -0.39 is 0 Å². The zero-order valence-corrected chi connectivity index (χ0v) is 12.2. The van der Waals surface area contributed by atoms with E-state index in [1.807, 2.05) is 0 Å². The Morgan fingerprint density at radius 1 is 1.22 bits per heavy atom. The molecule has 18 heavy (non-hydrogen) atoms. The van der Waals surface area contributed by atoms with Gasteiger partial charge in [-0.15, -0.1) is 0 Å². The van der Waals surface area contributed by atoms with Crippen molar-refractivity contribution < 1.29 is 0 Å². The number of hydrogen-bond donors (Lipinski definition) is 1. The van der Waals surface area contributed by atoms with Gasteiger partial charge in [-0.2, -0.15) is 0 Å². The molecule has 0 radical (unpaired) electrons. The molecule has 1 atom stereocenters. The minimum absolute atomic E-state index is 0.606. The van der Waals surface area contributed by atoms with Crippen molar-refractivity contribution in [3.8, 4) is 0 Å². The number of anilines is 1. The number of benzene rings is 1. The minimum Gasteiger partial charge on any atom is -0.370 e. The van der Waals surface area contributed by atoms with Crippen LogP contribution >= 0.6 is 0 Å². The van der Waals surface area contributed by atoms with Gasteiger partial charge in [-0.1, -0.05) is 19.9 Å². The van der Waals surface area contributed by atoms with Crippen LogP contribution in [0.15, 0.2) is 18.2 Å². The molecular weight excluding hydrogens is 220 g/mol. The molecule has 0 bridgehead atoms. The average molecular weight is 246 g/mol. The highest BCUT2D eigenvalue weighted by Crippen LogP contribution is 2.21. The summed E-state index contributed by atoms with van der Waals surface area (Å²) in [7, 11) is 0. The quantitative estimate of drug-likeness (QED) is 0.862. The van der Waals surface area contributed by atoms with E-state index in [1.165, 1.54) is 29.8 Å². The Labute approximate surface area is 111 Å². The van der Waals surface area contributed by atoms with Crippen LogP contribution in [0.4, 0.5) is 5.69 Å². The maximum atomic E-state index is 3.67. The monoisotopic (exact) mass is 246 g/mol. The summed E-state index contributed by atoms with van der Waals surface area (Å²) in [5, 5.41) is 3.67. The topological polar surface area (TPSA) is 15.3 Å². The maximum absolute atomic E-state index is 3.67. The minimum atomic E-state index is 0.606. The molecule has 1 aromatic carbocycles. The smallest absolute Gasteiger partial charge is 0.0369 e. The summed E-state index contributed by atoms with van der Waals surface area (Å²) in [6, 6.07) is 7.45. The van der Waals surface area contributed by atoms with E-state index in [0.29, 0.717) is 12.0 Å². The molecule has 1 saturated heterocycles. The number of aryl methyl sites for hydroxylation is 2. The van der Waals surface area contributed by atoms with Gasteiger partial charge in [0, 0.05) is 24.8 Å². The van der Waals surface area contributed by atoms with Gasteiger partial charge in [0.15, 0.2) is 0 Å². The first kappa shape index (κ1) is 13.4. The van der Waals surface area contributed by atoms with Crippen LogP contribution in [0.2, 0.25) is 0 Å². The highest BCUT2D eigenvalue weighted by atomic mass is 15.2. The van der Waals surface area contributed by atoms with Crippen molar-refractivity contribution in [2.45, 2.75) is 40.2 Å². The number of hydrogen-bond acceptors (Lipinski definition) is 2. The fourth-order valence-electron chi connectivity index (χ4n) is 2.55. The molecule has 0 amide bonds. The van der Waals surface area contributed by atoms with Gasteiger partial charge in [-0.3, -0.25) is 0 Å². The number of rotatable bonds is 2. The molecule has 1 aliphatic rings. The highest BCUT2D eigenvalue weighted by Gasteiger charge is 2.20. The molecule has 1 aromatic rings. The Balaban J connectivity index is 2.17. The Kier molecular flexibility index (Phi) is 4.28. The van der Waals surface area contributed by atoms with E-state index in [9.17, 15) is 0 Å². The third-order valence-corrected chi connectivity index (χ3v) is 4.09. The summed E-state index contributed by atoms with van der Waals surface area (Å²) in [5.41, 5.74) is 4.16. The summed E-state index contributed by atoms with van der Waals surface area (Å²) in [6.07, 6.45) is 1.23. The molecule has 100 valence electrons. The molecule has 1 N–H and O–H groups in total. The van der Waals surface area contributed by atoms with E-state index in [0.717, 1.165) is 13.1 Å². The van der Waals surface area contributed by atoms with Crippen LogP contribution in [0.3, 0.4) is 0 Å². The maximum Gasteiger partial charge on any atom is 0.0369 e. The molecule has 2 rings (SSSR count). The van der Waals surface area contributed by atoms with Crippen LogP contribution in [0.1, 0.15) is 31.4 Å². The van der Waals surface area contributed by atoms with Gasteiger partial charge in [0.05, 0.1) is 0 Å². The normalized spacial score (nSPS) is 21.2. The lowest BCUT2D eigenvalue weighted by atomic mass is 10.0. The van der Waals surface area contributed by atoms with Crippen molar-refractivity contribution in [3.05, 3.63) is 29.3 Å². The second-order valence-electron chi connectivity index (χ2n) is 5.87. The molecule has 0 aromatic heterocycles. The van der Waals surface area contributed by atoms with Crippen molar-refractivity contribution in [1.29, 1.82) is 0 Å². The van der Waals surface area contributed by atoms with E-state index in [4.69, 9.17) is 0 Å². The van der Waals surface area contributed by atoms with E-state index in [1.54, 1.807) is 0 Å². The average Bonchev–Trinajstić information content (AvgIpc) is 2.58. The summed E-state index contributed by atoms with van der Waals surface area (Å²) in [6.45, 7) is 12.4. The molecule has 0 saturated carbocycles. The van der Waals surface area contributed by atoms with E-state index in [-0.39, 0.29) is 0 Å². The number of nitrogens with one attached hydrogen (secondary N) is 1. The fraction of sp³-hybridized carbons (Fsp3) is 0.625. The molecule has 0 spiro atoms. The van der Waals surface area contributed by atoms with Crippen LogP contribution in [0, 0.1) is 19.8 Å². The second-order valence-corrected chi connectivity index (χ2v) is 5.87. The summed E-state index contributed by atoms with van der Waals surface area (Å²) in [5.74, 6) is 0.692. The molecule has 2 heteroatoms. The van der Waals surface area contributed by atoms with E-state index >= 15 is 0 Å². The molecule has 1 heterocycles. The first-order valence-electron chi connectivity index (χ1n) is 7.13. The van der Waals surface area contributed by atoms with E-state index in [2.05, 4.69) is 56.1 Å². The predicted octanol–water partition coefficient (Wildman–Crippen LogP) is 3.13. The second kappa shape index (κ2) is 5.75.